The Morgan fingerprint density at radius 3 is 2.43 bits per heavy atom. The van der Waals surface area contributed by atoms with E-state index < -0.39 is 12.0 Å². The van der Waals surface area contributed by atoms with Crippen molar-refractivity contribution in [2.24, 2.45) is 5.73 Å². The largest absolute Gasteiger partial charge is 0.468 e. The van der Waals surface area contributed by atoms with Gasteiger partial charge in [0.25, 0.3) is 0 Å². The van der Waals surface area contributed by atoms with E-state index in [1.165, 1.54) is 13.4 Å². The number of nitrogens with zero attached hydrogens (tertiary/aromatic N) is 2. The van der Waals surface area contributed by atoms with Gasteiger partial charge in [0.05, 0.1) is 12.8 Å². The lowest BCUT2D eigenvalue weighted by Crippen LogP contribution is -2.33. The van der Waals surface area contributed by atoms with Crippen molar-refractivity contribution in [3.05, 3.63) is 48.4 Å². The van der Waals surface area contributed by atoms with Crippen molar-refractivity contribution < 1.29 is 9.53 Å². The highest BCUT2D eigenvalue weighted by Crippen LogP contribution is 2.17. The first-order valence-electron chi connectivity index (χ1n) is 5.89. The van der Waals surface area contributed by atoms with E-state index in [-0.39, 0.29) is 24.8 Å². The minimum absolute atomic E-state index is 0. The van der Waals surface area contributed by atoms with Gasteiger partial charge in [-0.1, -0.05) is 24.3 Å². The lowest BCUT2D eigenvalue weighted by Gasteiger charge is -2.09. The molecule has 0 aliphatic rings. The number of benzene rings is 1. The predicted octanol–water partition coefficient (Wildman–Crippen LogP) is 2.03. The summed E-state index contributed by atoms with van der Waals surface area (Å²) in [7, 11) is 1.33. The Kier molecular flexibility index (Phi) is 8.54. The molecule has 2 aromatic rings. The molecular formula is C14H17Cl2N3O2. The van der Waals surface area contributed by atoms with Crippen LogP contribution < -0.4 is 5.73 Å². The number of ether oxygens (including phenoxy) is 1. The fourth-order valence-electron chi connectivity index (χ4n) is 1.76. The number of aromatic nitrogens is 2. The van der Waals surface area contributed by atoms with Crippen molar-refractivity contribution >= 4 is 30.8 Å². The number of hydrogen-bond donors (Lipinski definition) is 1. The molecule has 0 amide bonds. The van der Waals surface area contributed by atoms with Crippen LogP contribution in [-0.4, -0.2) is 29.1 Å². The summed E-state index contributed by atoms with van der Waals surface area (Å²) in [5, 5.41) is 0. The number of methoxy groups -OCH3 is 1. The number of esters is 1. The van der Waals surface area contributed by atoms with Crippen LogP contribution in [0.1, 0.15) is 5.56 Å². The van der Waals surface area contributed by atoms with Crippen molar-refractivity contribution in [3.8, 4) is 11.3 Å². The first-order chi connectivity index (χ1) is 9.20. The van der Waals surface area contributed by atoms with Crippen LogP contribution in [0, 0.1) is 0 Å². The highest BCUT2D eigenvalue weighted by molar-refractivity contribution is 5.85. The average molecular weight is 330 g/mol. The molecule has 1 atom stereocenters. The lowest BCUT2D eigenvalue weighted by atomic mass is 10.0. The van der Waals surface area contributed by atoms with Crippen LogP contribution in [0.3, 0.4) is 0 Å². The summed E-state index contributed by atoms with van der Waals surface area (Å²) in [5.74, 6) is -0.403. The standard InChI is InChI=1S/C14H15N3O2.2ClH/c1-19-14(18)12(15)8-10-2-4-11(5-3-10)13-6-7-16-9-17-13;;/h2-7,9,12H,8,15H2,1H3;2*1H/t12-;;/m0../s1. The maximum Gasteiger partial charge on any atom is 0.322 e. The summed E-state index contributed by atoms with van der Waals surface area (Å²) < 4.78 is 4.60. The first kappa shape index (κ1) is 19.3. The fourth-order valence-corrected chi connectivity index (χ4v) is 1.76. The Hall–Kier alpha value is -1.69. The second-order valence-electron chi connectivity index (χ2n) is 4.13. The number of hydrogen-bond acceptors (Lipinski definition) is 5. The van der Waals surface area contributed by atoms with E-state index >= 15 is 0 Å². The van der Waals surface area contributed by atoms with Gasteiger partial charge in [-0.15, -0.1) is 24.8 Å². The molecule has 1 aromatic heterocycles. The van der Waals surface area contributed by atoms with Gasteiger partial charge in [-0.3, -0.25) is 4.79 Å². The monoisotopic (exact) mass is 329 g/mol. The topological polar surface area (TPSA) is 78.1 Å². The number of nitrogens with two attached hydrogens (primary N) is 1. The van der Waals surface area contributed by atoms with E-state index in [9.17, 15) is 4.79 Å². The molecule has 0 aliphatic carbocycles. The number of halogens is 2. The lowest BCUT2D eigenvalue weighted by molar-refractivity contribution is -0.142. The van der Waals surface area contributed by atoms with Gasteiger partial charge in [0.2, 0.25) is 0 Å². The number of carbonyl (C=O) groups excluding carboxylic acids is 1. The second kappa shape index (κ2) is 9.28. The van der Waals surface area contributed by atoms with Crippen molar-refractivity contribution in [2.75, 3.05) is 7.11 Å². The minimum atomic E-state index is -0.630. The number of rotatable bonds is 4. The van der Waals surface area contributed by atoms with E-state index in [1.807, 2.05) is 30.3 Å². The van der Waals surface area contributed by atoms with Crippen molar-refractivity contribution in [2.45, 2.75) is 12.5 Å². The Labute approximate surface area is 135 Å². The zero-order valence-corrected chi connectivity index (χ0v) is 13.1. The quantitative estimate of drug-likeness (QED) is 0.868. The molecule has 2 N–H and O–H groups in total. The van der Waals surface area contributed by atoms with Crippen molar-refractivity contribution in [3.63, 3.8) is 0 Å². The van der Waals surface area contributed by atoms with Crippen LogP contribution >= 0.6 is 24.8 Å². The molecule has 7 heteroatoms. The van der Waals surface area contributed by atoms with Crippen LogP contribution in [0.5, 0.6) is 0 Å². The maximum absolute atomic E-state index is 11.2. The molecule has 0 saturated heterocycles. The van der Waals surface area contributed by atoms with E-state index in [2.05, 4.69) is 14.7 Å². The molecule has 0 aliphatic heterocycles. The van der Waals surface area contributed by atoms with Crippen LogP contribution in [0.2, 0.25) is 0 Å². The highest BCUT2D eigenvalue weighted by atomic mass is 35.5. The van der Waals surface area contributed by atoms with E-state index in [1.54, 1.807) is 6.20 Å². The summed E-state index contributed by atoms with van der Waals surface area (Å²) >= 11 is 0. The summed E-state index contributed by atoms with van der Waals surface area (Å²) in [6.07, 6.45) is 3.66. The molecule has 0 unspecified atom stereocenters. The Bertz CT molecular complexity index is 550. The molecular weight excluding hydrogens is 313 g/mol. The summed E-state index contributed by atoms with van der Waals surface area (Å²) in [6.45, 7) is 0. The Morgan fingerprint density at radius 2 is 1.90 bits per heavy atom. The van der Waals surface area contributed by atoms with Gasteiger partial charge in [0.1, 0.15) is 12.4 Å². The zero-order chi connectivity index (χ0) is 13.7. The first-order valence-corrected chi connectivity index (χ1v) is 5.89. The third kappa shape index (κ3) is 5.30. The van der Waals surface area contributed by atoms with Gasteiger partial charge >= 0.3 is 5.97 Å². The molecule has 1 aromatic carbocycles. The van der Waals surface area contributed by atoms with Gasteiger partial charge in [-0.2, -0.15) is 0 Å². The molecule has 0 fully saturated rings. The molecule has 5 nitrogen and oxygen atoms in total. The van der Waals surface area contributed by atoms with Gasteiger partial charge in [0, 0.05) is 11.8 Å². The van der Waals surface area contributed by atoms with Gasteiger partial charge in [-0.05, 0) is 18.1 Å². The number of carbonyl (C=O) groups is 1. The maximum atomic E-state index is 11.2. The molecule has 0 saturated carbocycles. The Morgan fingerprint density at radius 1 is 1.24 bits per heavy atom. The van der Waals surface area contributed by atoms with Crippen LogP contribution in [0.25, 0.3) is 11.3 Å². The molecule has 0 spiro atoms. The summed E-state index contributed by atoms with van der Waals surface area (Å²) in [4.78, 5) is 19.3. The second-order valence-corrected chi connectivity index (χ2v) is 4.13. The fraction of sp³-hybridized carbons (Fsp3) is 0.214. The molecule has 2 rings (SSSR count). The minimum Gasteiger partial charge on any atom is -0.468 e. The Balaban J connectivity index is 0.00000200. The zero-order valence-electron chi connectivity index (χ0n) is 11.4. The summed E-state index contributed by atoms with van der Waals surface area (Å²) in [6, 6.07) is 8.97. The molecule has 0 bridgehead atoms. The van der Waals surface area contributed by atoms with Crippen molar-refractivity contribution in [1.29, 1.82) is 0 Å². The smallest absolute Gasteiger partial charge is 0.322 e. The van der Waals surface area contributed by atoms with Crippen LogP contribution in [-0.2, 0) is 16.0 Å². The van der Waals surface area contributed by atoms with E-state index in [4.69, 9.17) is 5.73 Å². The molecule has 21 heavy (non-hydrogen) atoms. The molecule has 0 radical (unpaired) electrons. The summed E-state index contributed by atoms with van der Waals surface area (Å²) in [5.41, 5.74) is 8.55. The van der Waals surface area contributed by atoms with E-state index in [0.29, 0.717) is 6.42 Å². The van der Waals surface area contributed by atoms with Gasteiger partial charge in [0.15, 0.2) is 0 Å². The predicted molar refractivity (Wildman–Crippen MR) is 85.7 cm³/mol. The van der Waals surface area contributed by atoms with Gasteiger partial charge in [-0.25, -0.2) is 9.97 Å². The van der Waals surface area contributed by atoms with Crippen molar-refractivity contribution in [1.82, 2.24) is 9.97 Å². The third-order valence-corrected chi connectivity index (χ3v) is 2.79. The van der Waals surface area contributed by atoms with Gasteiger partial charge < -0.3 is 10.5 Å². The third-order valence-electron chi connectivity index (χ3n) is 2.79. The average Bonchev–Trinajstić information content (AvgIpc) is 2.48. The van der Waals surface area contributed by atoms with E-state index in [0.717, 1.165) is 16.8 Å². The van der Waals surface area contributed by atoms with Crippen LogP contribution in [0.15, 0.2) is 42.9 Å². The SMILES string of the molecule is COC(=O)[C@@H](N)Cc1ccc(-c2ccncn2)cc1.Cl.Cl. The normalized spacial score (nSPS) is 10.8. The van der Waals surface area contributed by atoms with Crippen LogP contribution in [0.4, 0.5) is 0 Å². The highest BCUT2D eigenvalue weighted by Gasteiger charge is 2.14. The molecule has 1 heterocycles. The molecule has 114 valence electrons.